The Kier molecular flexibility index (Phi) is 5.69. The molecule has 0 radical (unpaired) electrons. The van der Waals surface area contributed by atoms with E-state index in [0.717, 1.165) is 4.88 Å². The Labute approximate surface area is 191 Å². The first-order chi connectivity index (χ1) is 16.2. The lowest BCUT2D eigenvalue weighted by Crippen LogP contribution is -2.28. The van der Waals surface area contributed by atoms with Crippen LogP contribution in [-0.2, 0) is 16.1 Å². The average molecular weight is 459 g/mol. The van der Waals surface area contributed by atoms with E-state index in [0.29, 0.717) is 40.5 Å². The summed E-state index contributed by atoms with van der Waals surface area (Å²) in [5.74, 6) is 0.0687. The molecule has 8 nitrogen and oxygen atoms in total. The van der Waals surface area contributed by atoms with Crippen LogP contribution in [0.5, 0.6) is 0 Å². The Morgan fingerprint density at radius 3 is 2.27 bits per heavy atom. The molecule has 5 aromatic rings. The normalized spacial score (nSPS) is 10.9. The van der Waals surface area contributed by atoms with Crippen LogP contribution in [0.2, 0.25) is 0 Å². The number of esters is 1. The Morgan fingerprint density at radius 2 is 1.64 bits per heavy atom. The van der Waals surface area contributed by atoms with E-state index < -0.39 is 5.97 Å². The van der Waals surface area contributed by atoms with E-state index in [1.165, 1.54) is 11.3 Å². The van der Waals surface area contributed by atoms with E-state index in [1.54, 1.807) is 55.0 Å². The summed E-state index contributed by atoms with van der Waals surface area (Å²) in [6, 6.07) is 15.7. The van der Waals surface area contributed by atoms with Crippen LogP contribution in [-0.4, -0.2) is 28.5 Å². The van der Waals surface area contributed by atoms with E-state index in [9.17, 15) is 9.59 Å². The van der Waals surface area contributed by atoms with Gasteiger partial charge >= 0.3 is 5.97 Å². The lowest BCUT2D eigenvalue weighted by molar-refractivity contribution is -0.124. The molecule has 0 atom stereocenters. The topological polar surface area (TPSA) is 107 Å². The van der Waals surface area contributed by atoms with Gasteiger partial charge in [-0.3, -0.25) is 4.79 Å². The van der Waals surface area contributed by atoms with E-state index in [-0.39, 0.29) is 18.1 Å². The molecular formula is C24H17N3O5S. The number of rotatable bonds is 7. The molecule has 0 aliphatic carbocycles. The molecule has 0 bridgehead atoms. The SMILES string of the molecule is O=C(COC(=O)c1ccc2nc(-c3ccco3)c(-c3ccco3)nc2c1)NCc1cccs1. The van der Waals surface area contributed by atoms with Crippen molar-refractivity contribution in [3.63, 3.8) is 0 Å². The van der Waals surface area contributed by atoms with Gasteiger partial charge in [-0.15, -0.1) is 11.3 Å². The maximum atomic E-state index is 12.5. The maximum absolute atomic E-state index is 12.5. The van der Waals surface area contributed by atoms with E-state index in [2.05, 4.69) is 15.3 Å². The molecule has 1 N–H and O–H groups in total. The number of nitrogens with zero attached hydrogens (tertiary/aromatic N) is 2. The van der Waals surface area contributed by atoms with Crippen molar-refractivity contribution < 1.29 is 23.2 Å². The van der Waals surface area contributed by atoms with Crippen molar-refractivity contribution in [2.24, 2.45) is 0 Å². The number of aromatic nitrogens is 2. The number of ether oxygens (including phenoxy) is 1. The van der Waals surface area contributed by atoms with Gasteiger partial charge in [0.1, 0.15) is 11.4 Å². The Hall–Kier alpha value is -4.24. The molecule has 4 aromatic heterocycles. The molecule has 0 saturated carbocycles. The molecule has 164 valence electrons. The van der Waals surface area contributed by atoms with Crippen molar-refractivity contribution in [1.29, 1.82) is 0 Å². The van der Waals surface area contributed by atoms with Crippen LogP contribution in [0.4, 0.5) is 0 Å². The van der Waals surface area contributed by atoms with E-state index >= 15 is 0 Å². The summed E-state index contributed by atoms with van der Waals surface area (Å²) < 4.78 is 16.2. The quantitative estimate of drug-likeness (QED) is 0.352. The summed E-state index contributed by atoms with van der Waals surface area (Å²) >= 11 is 1.54. The zero-order chi connectivity index (χ0) is 22.6. The van der Waals surface area contributed by atoms with Crippen LogP contribution in [0, 0.1) is 0 Å². The smallest absolute Gasteiger partial charge is 0.338 e. The van der Waals surface area contributed by atoms with Crippen LogP contribution in [0.15, 0.2) is 81.3 Å². The first kappa shape index (κ1) is 20.7. The van der Waals surface area contributed by atoms with E-state index in [4.69, 9.17) is 13.6 Å². The fourth-order valence-electron chi connectivity index (χ4n) is 3.22. The number of thiophene rings is 1. The second-order valence-electron chi connectivity index (χ2n) is 7.01. The van der Waals surface area contributed by atoms with Gasteiger partial charge in [-0.2, -0.15) is 0 Å². The molecule has 0 aliphatic rings. The van der Waals surface area contributed by atoms with Crippen LogP contribution in [0.25, 0.3) is 33.9 Å². The number of carbonyl (C=O) groups excluding carboxylic acids is 2. The van der Waals surface area contributed by atoms with Crippen LogP contribution < -0.4 is 5.32 Å². The van der Waals surface area contributed by atoms with Gasteiger partial charge in [0.15, 0.2) is 18.1 Å². The minimum Gasteiger partial charge on any atom is -0.463 e. The molecule has 5 rings (SSSR count). The van der Waals surface area contributed by atoms with E-state index in [1.807, 2.05) is 17.5 Å². The molecule has 0 aliphatic heterocycles. The highest BCUT2D eigenvalue weighted by molar-refractivity contribution is 7.09. The van der Waals surface area contributed by atoms with Gasteiger partial charge in [-0.1, -0.05) is 6.07 Å². The second-order valence-corrected chi connectivity index (χ2v) is 8.04. The molecule has 4 heterocycles. The van der Waals surface area contributed by atoms with Gasteiger partial charge in [0.25, 0.3) is 5.91 Å². The van der Waals surface area contributed by atoms with Crippen molar-refractivity contribution in [3.8, 4) is 22.9 Å². The highest BCUT2D eigenvalue weighted by Gasteiger charge is 2.18. The van der Waals surface area contributed by atoms with Gasteiger partial charge in [-0.25, -0.2) is 14.8 Å². The van der Waals surface area contributed by atoms with Gasteiger partial charge in [0, 0.05) is 4.88 Å². The molecule has 0 unspecified atom stereocenters. The van der Waals surface area contributed by atoms with Gasteiger partial charge in [0.05, 0.1) is 35.7 Å². The fraction of sp³-hybridized carbons (Fsp3) is 0.0833. The number of amides is 1. The van der Waals surface area contributed by atoms with Gasteiger partial charge in [-0.05, 0) is 53.9 Å². The lowest BCUT2D eigenvalue weighted by atomic mass is 10.1. The third-order valence-electron chi connectivity index (χ3n) is 4.78. The molecule has 0 spiro atoms. The average Bonchev–Trinajstić information content (AvgIpc) is 3.63. The van der Waals surface area contributed by atoms with Crippen molar-refractivity contribution in [1.82, 2.24) is 15.3 Å². The standard InChI is InChI=1S/C24H17N3O5S/c28-21(25-13-16-4-3-11-33-16)14-32-24(29)15-7-8-17-18(12-15)27-23(20-6-2-10-31-20)22(26-17)19-5-1-9-30-19/h1-12H,13-14H2,(H,25,28). The first-order valence-electron chi connectivity index (χ1n) is 10.0. The summed E-state index contributed by atoms with van der Waals surface area (Å²) in [7, 11) is 0. The molecule has 1 aromatic carbocycles. The minimum absolute atomic E-state index is 0.263. The molecule has 0 saturated heterocycles. The van der Waals surface area contributed by atoms with Crippen molar-refractivity contribution >= 4 is 34.2 Å². The van der Waals surface area contributed by atoms with Crippen molar-refractivity contribution in [2.45, 2.75) is 6.54 Å². The molecule has 0 fully saturated rings. The number of benzene rings is 1. The van der Waals surface area contributed by atoms with Gasteiger partial charge in [0.2, 0.25) is 0 Å². The summed E-state index contributed by atoms with van der Waals surface area (Å²) in [6.07, 6.45) is 3.10. The Balaban J connectivity index is 1.36. The molecule has 33 heavy (non-hydrogen) atoms. The van der Waals surface area contributed by atoms with Crippen LogP contribution in [0.1, 0.15) is 15.2 Å². The second kappa shape index (κ2) is 9.09. The number of hydrogen-bond donors (Lipinski definition) is 1. The van der Waals surface area contributed by atoms with Crippen LogP contribution >= 0.6 is 11.3 Å². The maximum Gasteiger partial charge on any atom is 0.338 e. The fourth-order valence-corrected chi connectivity index (χ4v) is 3.86. The minimum atomic E-state index is -0.625. The molecule has 9 heteroatoms. The summed E-state index contributed by atoms with van der Waals surface area (Å²) in [4.78, 5) is 34.8. The number of fused-ring (bicyclic) bond motifs is 1. The molecule has 1 amide bonds. The number of hydrogen-bond acceptors (Lipinski definition) is 8. The monoisotopic (exact) mass is 459 g/mol. The predicted octanol–water partition coefficient (Wildman–Crippen LogP) is 4.68. The Bertz CT molecular complexity index is 1390. The van der Waals surface area contributed by atoms with Crippen LogP contribution in [0.3, 0.4) is 0 Å². The largest absolute Gasteiger partial charge is 0.463 e. The summed E-state index contributed by atoms with van der Waals surface area (Å²) in [5, 5.41) is 4.65. The predicted molar refractivity (Wildman–Crippen MR) is 121 cm³/mol. The molecular weight excluding hydrogens is 442 g/mol. The zero-order valence-electron chi connectivity index (χ0n) is 17.2. The highest BCUT2D eigenvalue weighted by Crippen LogP contribution is 2.31. The van der Waals surface area contributed by atoms with Crippen molar-refractivity contribution in [2.75, 3.05) is 6.61 Å². The highest BCUT2D eigenvalue weighted by atomic mass is 32.1. The third kappa shape index (κ3) is 4.53. The third-order valence-corrected chi connectivity index (χ3v) is 5.66. The lowest BCUT2D eigenvalue weighted by Gasteiger charge is -2.08. The van der Waals surface area contributed by atoms with Gasteiger partial charge < -0.3 is 18.9 Å². The number of carbonyl (C=O) groups is 2. The summed E-state index contributed by atoms with van der Waals surface area (Å²) in [5.41, 5.74) is 2.33. The number of furan rings is 2. The Morgan fingerprint density at radius 1 is 0.909 bits per heavy atom. The first-order valence-corrected chi connectivity index (χ1v) is 10.9. The summed E-state index contributed by atoms with van der Waals surface area (Å²) in [6.45, 7) is 0.0240. The zero-order valence-corrected chi connectivity index (χ0v) is 18.0. The number of nitrogens with one attached hydrogen (secondary N) is 1. The van der Waals surface area contributed by atoms with Crippen molar-refractivity contribution in [3.05, 3.63) is 82.9 Å².